The van der Waals surface area contributed by atoms with E-state index in [-0.39, 0.29) is 50.1 Å². The monoisotopic (exact) mass is 777 g/mol. The van der Waals surface area contributed by atoms with Crippen molar-refractivity contribution in [1.29, 1.82) is 0 Å². The first-order valence-electron chi connectivity index (χ1n) is 19.0. The Morgan fingerprint density at radius 1 is 0.709 bits per heavy atom. The highest BCUT2D eigenvalue weighted by Gasteiger charge is 2.44. The zero-order chi connectivity index (χ0) is 41.0. The number of hydrogen-bond donors (Lipinski definition) is 8. The summed E-state index contributed by atoms with van der Waals surface area (Å²) >= 11 is 0. The van der Waals surface area contributed by atoms with Crippen molar-refractivity contribution in [1.82, 2.24) is 36.0 Å². The molecule has 0 radical (unpaired) electrons. The molecular weight excluding hydrogens is 718 g/mol. The van der Waals surface area contributed by atoms with Gasteiger partial charge in [0.2, 0.25) is 47.3 Å². The summed E-state index contributed by atoms with van der Waals surface area (Å²) in [5, 5.41) is 20.0. The number of nitrogens with two attached hydrogens (primary N) is 3. The summed E-state index contributed by atoms with van der Waals surface area (Å²) in [4.78, 5) is 113. The van der Waals surface area contributed by atoms with Crippen molar-refractivity contribution in [3.8, 4) is 0 Å². The van der Waals surface area contributed by atoms with Crippen LogP contribution in [0.2, 0.25) is 0 Å². The number of nitrogens with one attached hydrogen (secondary N) is 4. The second-order valence-electron chi connectivity index (χ2n) is 14.8. The van der Waals surface area contributed by atoms with Gasteiger partial charge in [-0.3, -0.25) is 43.3 Å². The van der Waals surface area contributed by atoms with Gasteiger partial charge in [-0.25, -0.2) is 0 Å². The van der Waals surface area contributed by atoms with Crippen molar-refractivity contribution in [2.75, 3.05) is 32.8 Å². The molecule has 0 spiro atoms. The molecule has 20 heteroatoms. The van der Waals surface area contributed by atoms with Crippen molar-refractivity contribution in [3.63, 3.8) is 0 Å². The van der Waals surface area contributed by atoms with Crippen LogP contribution in [0.25, 0.3) is 0 Å². The molecule has 55 heavy (non-hydrogen) atoms. The van der Waals surface area contributed by atoms with Gasteiger partial charge in [-0.05, 0) is 70.6 Å². The summed E-state index contributed by atoms with van der Waals surface area (Å²) in [6.07, 6.45) is 3.35. The summed E-state index contributed by atoms with van der Waals surface area (Å²) < 4.78 is 0. The first kappa shape index (κ1) is 44.4. The van der Waals surface area contributed by atoms with Crippen LogP contribution in [0.3, 0.4) is 0 Å². The summed E-state index contributed by atoms with van der Waals surface area (Å²) in [6.45, 7) is 6.65. The highest BCUT2D eigenvalue weighted by Crippen LogP contribution is 2.26. The predicted octanol–water partition coefficient (Wildman–Crippen LogP) is -3.48. The molecule has 3 heterocycles. The van der Waals surface area contributed by atoms with E-state index >= 15 is 0 Å². The molecule has 0 aromatic heterocycles. The minimum atomic E-state index is -1.30. The van der Waals surface area contributed by atoms with Gasteiger partial charge < -0.3 is 58.3 Å². The Morgan fingerprint density at radius 3 is 1.82 bits per heavy atom. The number of carbonyl (C=O) groups excluding carboxylic acids is 8. The van der Waals surface area contributed by atoms with Gasteiger partial charge in [-0.2, -0.15) is 0 Å². The summed E-state index contributed by atoms with van der Waals surface area (Å²) in [6, 6.07) is -7.11. The zero-order valence-corrected chi connectivity index (χ0v) is 32.3. The number of aliphatic hydroxyl groups is 1. The molecule has 0 saturated carbocycles. The molecule has 11 N–H and O–H groups in total. The van der Waals surface area contributed by atoms with E-state index in [1.54, 1.807) is 0 Å². The SMILES string of the molecule is CC(=O)N[C@@H](CO)C(=O)N[C@@H](CC(C)C)C(=O)N[C@@H](CCCN=C(N)N)C(=O)N1CCC[C@H]1C(=O)N[C@@H](C)C(=O)N1CCC[C@H]1C(=O)N1CCC[C@H]1C(N)=O. The van der Waals surface area contributed by atoms with Crippen LogP contribution in [0.1, 0.15) is 85.5 Å². The highest BCUT2D eigenvalue weighted by molar-refractivity contribution is 5.98. The molecule has 3 saturated heterocycles. The van der Waals surface area contributed by atoms with Gasteiger partial charge in [0, 0.05) is 33.1 Å². The Kier molecular flexibility index (Phi) is 16.6. The normalized spacial score (nSPS) is 21.6. The second kappa shape index (κ2) is 20.6. The van der Waals surface area contributed by atoms with Crippen molar-refractivity contribution in [2.45, 2.75) is 128 Å². The first-order chi connectivity index (χ1) is 26.0. The molecule has 3 rings (SSSR count). The summed E-state index contributed by atoms with van der Waals surface area (Å²) in [5.41, 5.74) is 16.4. The fraction of sp³-hybridized carbons (Fsp3) is 0.743. The number of aliphatic hydroxyl groups excluding tert-OH is 1. The van der Waals surface area contributed by atoms with Crippen LogP contribution in [0.4, 0.5) is 0 Å². The van der Waals surface area contributed by atoms with Crippen LogP contribution < -0.4 is 38.5 Å². The number of aliphatic imine (C=N–C) groups is 1. The Hall–Kier alpha value is -5.01. The maximum absolute atomic E-state index is 14.1. The van der Waals surface area contributed by atoms with E-state index in [2.05, 4.69) is 26.3 Å². The van der Waals surface area contributed by atoms with Gasteiger partial charge in [0.25, 0.3) is 0 Å². The Bertz CT molecular complexity index is 1470. The van der Waals surface area contributed by atoms with E-state index in [0.29, 0.717) is 51.6 Å². The van der Waals surface area contributed by atoms with Gasteiger partial charge in [0.15, 0.2) is 5.96 Å². The van der Waals surface area contributed by atoms with Crippen LogP contribution in [-0.4, -0.2) is 148 Å². The van der Waals surface area contributed by atoms with E-state index in [9.17, 15) is 43.5 Å². The molecule has 0 aliphatic carbocycles. The number of rotatable bonds is 18. The molecule has 0 aromatic carbocycles. The minimum absolute atomic E-state index is 0.0760. The predicted molar refractivity (Wildman–Crippen MR) is 199 cm³/mol. The zero-order valence-electron chi connectivity index (χ0n) is 32.3. The molecule has 0 bridgehead atoms. The number of primary amides is 1. The lowest BCUT2D eigenvalue weighted by molar-refractivity contribution is -0.147. The number of carbonyl (C=O) groups is 8. The van der Waals surface area contributed by atoms with Gasteiger partial charge in [0.1, 0.15) is 42.3 Å². The lowest BCUT2D eigenvalue weighted by atomic mass is 10.0. The maximum Gasteiger partial charge on any atom is 0.246 e. The Balaban J connectivity index is 1.74. The third kappa shape index (κ3) is 12.2. The van der Waals surface area contributed by atoms with Crippen molar-refractivity contribution in [2.24, 2.45) is 28.1 Å². The van der Waals surface area contributed by atoms with Crippen LogP contribution in [0, 0.1) is 5.92 Å². The number of amides is 8. The third-order valence-electron chi connectivity index (χ3n) is 10.0. The van der Waals surface area contributed by atoms with Gasteiger partial charge in [0.05, 0.1) is 6.61 Å². The minimum Gasteiger partial charge on any atom is -0.394 e. The average Bonchev–Trinajstić information content (AvgIpc) is 3.91. The Labute approximate surface area is 321 Å². The summed E-state index contributed by atoms with van der Waals surface area (Å²) in [7, 11) is 0. The molecule has 0 aromatic rings. The molecule has 20 nitrogen and oxygen atoms in total. The number of guanidine groups is 1. The molecule has 3 aliphatic rings. The second-order valence-corrected chi connectivity index (χ2v) is 14.8. The fourth-order valence-electron chi connectivity index (χ4n) is 7.38. The van der Waals surface area contributed by atoms with Gasteiger partial charge >= 0.3 is 0 Å². The molecular formula is C35H59N11O9. The lowest BCUT2D eigenvalue weighted by Crippen LogP contribution is -2.59. The van der Waals surface area contributed by atoms with Gasteiger partial charge in [-0.15, -0.1) is 0 Å². The molecule has 0 unspecified atom stereocenters. The van der Waals surface area contributed by atoms with E-state index in [1.807, 2.05) is 13.8 Å². The Morgan fingerprint density at radius 2 is 1.25 bits per heavy atom. The van der Waals surface area contributed by atoms with Crippen LogP contribution in [0.5, 0.6) is 0 Å². The van der Waals surface area contributed by atoms with Crippen molar-refractivity contribution >= 4 is 53.2 Å². The van der Waals surface area contributed by atoms with Gasteiger partial charge in [-0.1, -0.05) is 13.8 Å². The largest absolute Gasteiger partial charge is 0.394 e. The molecule has 7 atom stereocenters. The standard InChI is InChI=1S/C35H59N11O9/c1-19(2)17-23(43-30(51)24(18-47)41-21(4)48)29(50)42-22(9-5-13-39-35(37)38)33(54)45-15-7-11-26(45)31(52)40-20(3)32(53)46-16-8-12-27(46)34(55)44-14-6-10-25(44)28(36)49/h19-20,22-27,47H,5-18H2,1-4H3,(H2,36,49)(H,40,52)(H,41,48)(H,42,50)(H,43,51)(H4,37,38,39)/t20-,22-,23-,24-,25-,26-,27-/m0/s1. The molecule has 8 amide bonds. The quantitative estimate of drug-likeness (QED) is 0.0384. The topological polar surface area (TPSA) is 305 Å². The van der Waals surface area contributed by atoms with Crippen molar-refractivity contribution in [3.05, 3.63) is 0 Å². The maximum atomic E-state index is 14.1. The number of nitrogens with zero attached hydrogens (tertiary/aromatic N) is 4. The van der Waals surface area contributed by atoms with Crippen LogP contribution in [0.15, 0.2) is 4.99 Å². The lowest BCUT2D eigenvalue weighted by Gasteiger charge is -2.33. The van der Waals surface area contributed by atoms with E-state index < -0.39 is 90.3 Å². The smallest absolute Gasteiger partial charge is 0.246 e. The number of hydrogen-bond acceptors (Lipinski definition) is 10. The average molecular weight is 778 g/mol. The molecule has 3 aliphatic heterocycles. The third-order valence-corrected chi connectivity index (χ3v) is 10.0. The van der Waals surface area contributed by atoms with E-state index in [0.717, 1.165) is 0 Å². The molecule has 308 valence electrons. The summed E-state index contributed by atoms with van der Waals surface area (Å²) in [5.74, 6) is -4.82. The number of likely N-dealkylation sites (tertiary alicyclic amines) is 3. The molecule has 3 fully saturated rings. The van der Waals surface area contributed by atoms with Crippen molar-refractivity contribution < 1.29 is 43.5 Å². The van der Waals surface area contributed by atoms with E-state index in [4.69, 9.17) is 17.2 Å². The fourth-order valence-corrected chi connectivity index (χ4v) is 7.38. The first-order valence-corrected chi connectivity index (χ1v) is 19.0. The highest BCUT2D eigenvalue weighted by atomic mass is 16.3. The van der Waals surface area contributed by atoms with Crippen LogP contribution in [-0.2, 0) is 38.4 Å². The van der Waals surface area contributed by atoms with E-state index in [1.165, 1.54) is 28.5 Å². The van der Waals surface area contributed by atoms with Crippen LogP contribution >= 0.6 is 0 Å².